The number of hydrogen-bond donors (Lipinski definition) is 2. The van der Waals surface area contributed by atoms with Gasteiger partial charge in [0.2, 0.25) is 0 Å². The molecule has 0 saturated carbocycles. The van der Waals surface area contributed by atoms with E-state index in [4.69, 9.17) is 19.9 Å². The van der Waals surface area contributed by atoms with Crippen LogP contribution in [0.3, 0.4) is 0 Å². The summed E-state index contributed by atoms with van der Waals surface area (Å²) in [7, 11) is 0. The van der Waals surface area contributed by atoms with Gasteiger partial charge in [-0.3, -0.25) is 0 Å². The highest BCUT2D eigenvalue weighted by atomic mass is 16.6. The van der Waals surface area contributed by atoms with Crippen LogP contribution in [0.5, 0.6) is 11.5 Å². The van der Waals surface area contributed by atoms with Crippen molar-refractivity contribution < 1.29 is 24.1 Å². The van der Waals surface area contributed by atoms with Crippen molar-refractivity contribution in [3.8, 4) is 11.5 Å². The number of nitrogens with zero attached hydrogens (tertiary/aromatic N) is 2. The predicted octanol–water partition coefficient (Wildman–Crippen LogP) is 3.54. The molecular weight excluding hydrogens is 374 g/mol. The summed E-state index contributed by atoms with van der Waals surface area (Å²) in [5.41, 5.74) is 6.13. The smallest absolute Gasteiger partial charge is 0.349 e. The molecule has 0 unspecified atom stereocenters. The van der Waals surface area contributed by atoms with E-state index in [9.17, 15) is 9.90 Å². The van der Waals surface area contributed by atoms with Crippen molar-refractivity contribution in [2.75, 3.05) is 13.2 Å². The third-order valence-corrected chi connectivity index (χ3v) is 3.46. The summed E-state index contributed by atoms with van der Waals surface area (Å²) in [6, 6.07) is 16.6. The third-order valence-electron chi connectivity index (χ3n) is 3.46. The molecule has 0 spiro atoms. The topological polar surface area (TPSA) is 116 Å². The second-order valence-electron chi connectivity index (χ2n) is 5.55. The number of rotatable bonds is 9. The fraction of sp³-hybridized carbons (Fsp3) is 0.190. The lowest BCUT2D eigenvalue weighted by molar-refractivity contribution is -0.138. The zero-order valence-corrected chi connectivity index (χ0v) is 16.2. The Balaban J connectivity index is 2.10. The quantitative estimate of drug-likeness (QED) is 0.167. The van der Waals surface area contributed by atoms with E-state index in [-0.39, 0.29) is 24.6 Å². The van der Waals surface area contributed by atoms with Crippen molar-refractivity contribution in [2.24, 2.45) is 15.9 Å². The van der Waals surface area contributed by atoms with Gasteiger partial charge >= 0.3 is 5.97 Å². The largest absolute Gasteiger partial charge is 0.480 e. The molecule has 0 bridgehead atoms. The molecule has 2 aromatic carbocycles. The van der Waals surface area contributed by atoms with Crippen LogP contribution in [0.1, 0.15) is 19.4 Å². The molecule has 0 aliphatic carbocycles. The Morgan fingerprint density at radius 1 is 1.00 bits per heavy atom. The first-order valence-electron chi connectivity index (χ1n) is 8.98. The normalized spacial score (nSPS) is 12.4. The van der Waals surface area contributed by atoms with Gasteiger partial charge in [-0.05, 0) is 55.8 Å². The highest BCUT2D eigenvalue weighted by molar-refractivity contribution is 6.18. The van der Waals surface area contributed by atoms with Gasteiger partial charge in [-0.25, -0.2) is 4.79 Å². The van der Waals surface area contributed by atoms with E-state index < -0.39 is 11.9 Å². The van der Waals surface area contributed by atoms with E-state index in [1.165, 1.54) is 6.21 Å². The molecule has 0 fully saturated rings. The van der Waals surface area contributed by atoms with E-state index in [0.717, 1.165) is 11.3 Å². The van der Waals surface area contributed by atoms with Crippen LogP contribution in [-0.4, -0.2) is 36.3 Å². The maximum absolute atomic E-state index is 12.0. The van der Waals surface area contributed by atoms with E-state index in [1.54, 1.807) is 38.1 Å². The van der Waals surface area contributed by atoms with Gasteiger partial charge in [0, 0.05) is 0 Å². The average Bonchev–Trinajstić information content (AvgIpc) is 2.71. The molecule has 8 heteroatoms. The molecule has 29 heavy (non-hydrogen) atoms. The molecule has 152 valence electrons. The number of aliphatic hydroxyl groups excluding tert-OH is 1. The fourth-order valence-corrected chi connectivity index (χ4v) is 2.17. The second-order valence-corrected chi connectivity index (χ2v) is 5.55. The van der Waals surface area contributed by atoms with Gasteiger partial charge in [0.25, 0.3) is 5.95 Å². The van der Waals surface area contributed by atoms with Gasteiger partial charge in [-0.15, -0.1) is 5.10 Å². The minimum absolute atomic E-state index is 0.107. The van der Waals surface area contributed by atoms with Crippen LogP contribution in [0, 0.1) is 0 Å². The minimum atomic E-state index is -0.850. The molecule has 0 aromatic heterocycles. The number of nitrogens with two attached hydrogens (primary N) is 1. The van der Waals surface area contributed by atoms with Gasteiger partial charge in [0.15, 0.2) is 11.4 Å². The fourth-order valence-electron chi connectivity index (χ4n) is 2.17. The summed E-state index contributed by atoms with van der Waals surface area (Å²) in [4.78, 5) is 12.0. The summed E-state index contributed by atoms with van der Waals surface area (Å²) >= 11 is 0. The molecule has 0 saturated heterocycles. The van der Waals surface area contributed by atoms with Crippen LogP contribution in [-0.2, 0) is 14.3 Å². The molecule has 0 aliphatic rings. The maximum atomic E-state index is 12.0. The molecule has 0 radical (unpaired) electrons. The number of amidine groups is 1. The van der Waals surface area contributed by atoms with Crippen molar-refractivity contribution in [2.45, 2.75) is 13.8 Å². The number of carbonyl (C=O) groups is 1. The van der Waals surface area contributed by atoms with E-state index in [2.05, 4.69) is 10.2 Å². The number of para-hydroxylation sites is 1. The van der Waals surface area contributed by atoms with Crippen molar-refractivity contribution in [1.82, 2.24) is 0 Å². The lowest BCUT2D eigenvalue weighted by atomic mass is 10.2. The van der Waals surface area contributed by atoms with E-state index in [1.807, 2.05) is 30.3 Å². The number of benzene rings is 2. The molecule has 8 nitrogen and oxygen atoms in total. The summed E-state index contributed by atoms with van der Waals surface area (Å²) in [6.07, 6.45) is 1.44. The van der Waals surface area contributed by atoms with Gasteiger partial charge < -0.3 is 25.1 Å². The Morgan fingerprint density at radius 3 is 2.24 bits per heavy atom. The lowest BCUT2D eigenvalue weighted by Gasteiger charge is -2.08. The Hall–Kier alpha value is -3.81. The molecule has 2 aromatic rings. The van der Waals surface area contributed by atoms with Crippen molar-refractivity contribution in [1.29, 1.82) is 0 Å². The number of aliphatic hydroxyl groups is 1. The van der Waals surface area contributed by atoms with Crippen LogP contribution in [0.4, 0.5) is 0 Å². The number of carbonyl (C=O) groups excluding carboxylic acids is 1. The maximum Gasteiger partial charge on any atom is 0.349 e. The van der Waals surface area contributed by atoms with Gasteiger partial charge in [0.05, 0.1) is 19.4 Å². The van der Waals surface area contributed by atoms with Gasteiger partial charge in [-0.2, -0.15) is 5.10 Å². The van der Waals surface area contributed by atoms with Crippen LogP contribution in [0.15, 0.2) is 76.3 Å². The monoisotopic (exact) mass is 397 g/mol. The SMILES string of the molecule is CCOC(=O)C(/C(N)=N/N=C/c1ccc(Oc2ccccc2)cc1)=C(/O)OCC. The van der Waals surface area contributed by atoms with Crippen LogP contribution in [0.2, 0.25) is 0 Å². The van der Waals surface area contributed by atoms with Crippen LogP contribution in [0.25, 0.3) is 0 Å². The Morgan fingerprint density at radius 2 is 1.62 bits per heavy atom. The second kappa shape index (κ2) is 11.1. The first kappa shape index (κ1) is 21.5. The summed E-state index contributed by atoms with van der Waals surface area (Å²) < 4.78 is 15.5. The van der Waals surface area contributed by atoms with Crippen molar-refractivity contribution >= 4 is 18.0 Å². The predicted molar refractivity (Wildman–Crippen MR) is 110 cm³/mol. The Kier molecular flexibility index (Phi) is 8.25. The van der Waals surface area contributed by atoms with Crippen LogP contribution < -0.4 is 10.5 Å². The average molecular weight is 397 g/mol. The third kappa shape index (κ3) is 6.69. The van der Waals surface area contributed by atoms with Crippen molar-refractivity contribution in [3.63, 3.8) is 0 Å². The molecule has 0 heterocycles. The van der Waals surface area contributed by atoms with Crippen LogP contribution >= 0.6 is 0 Å². The first-order chi connectivity index (χ1) is 14.0. The zero-order chi connectivity index (χ0) is 21.1. The molecule has 2 rings (SSSR count). The number of hydrogen-bond acceptors (Lipinski definition) is 7. The van der Waals surface area contributed by atoms with Crippen molar-refractivity contribution in [3.05, 3.63) is 71.7 Å². The van der Waals surface area contributed by atoms with E-state index in [0.29, 0.717) is 5.75 Å². The Labute approximate surface area is 168 Å². The Bertz CT molecular complexity index is 890. The highest BCUT2D eigenvalue weighted by Gasteiger charge is 2.22. The summed E-state index contributed by atoms with van der Waals surface area (Å²) in [5, 5.41) is 17.5. The molecular formula is C21H23N3O5. The summed E-state index contributed by atoms with van der Waals surface area (Å²) in [6.45, 7) is 3.53. The van der Waals surface area contributed by atoms with Gasteiger partial charge in [-0.1, -0.05) is 18.2 Å². The number of esters is 1. The van der Waals surface area contributed by atoms with Gasteiger partial charge in [0.1, 0.15) is 11.5 Å². The molecule has 3 N–H and O–H groups in total. The zero-order valence-electron chi connectivity index (χ0n) is 16.2. The molecule has 0 aliphatic heterocycles. The van der Waals surface area contributed by atoms with E-state index >= 15 is 0 Å². The standard InChI is InChI=1S/C21H23N3O5/c1-3-27-20(25)18(21(26)28-4-2)19(22)24-23-14-15-10-12-17(13-11-15)29-16-8-6-5-7-9-16/h5-14,25H,3-4H2,1-2H3,(H2,22,24)/b20-18-,23-14+. The summed E-state index contributed by atoms with van der Waals surface area (Å²) in [5.74, 6) is -0.430. The first-order valence-corrected chi connectivity index (χ1v) is 8.98. The lowest BCUT2D eigenvalue weighted by Crippen LogP contribution is -2.25. The molecule has 0 atom stereocenters. The highest BCUT2D eigenvalue weighted by Crippen LogP contribution is 2.20. The minimum Gasteiger partial charge on any atom is -0.480 e. The molecule has 0 amide bonds. The number of ether oxygens (including phenoxy) is 3.